The van der Waals surface area contributed by atoms with Crippen molar-refractivity contribution in [3.8, 4) is 11.3 Å². The van der Waals surface area contributed by atoms with Crippen molar-refractivity contribution in [3.63, 3.8) is 0 Å². The summed E-state index contributed by atoms with van der Waals surface area (Å²) in [6.07, 6.45) is 5.84. The highest BCUT2D eigenvalue weighted by Crippen LogP contribution is 2.22. The van der Waals surface area contributed by atoms with Crippen molar-refractivity contribution in [2.45, 2.75) is 38.6 Å². The third kappa shape index (κ3) is 5.46. The third-order valence-corrected chi connectivity index (χ3v) is 6.01. The first-order valence-electron chi connectivity index (χ1n) is 11.2. The van der Waals surface area contributed by atoms with Crippen LogP contribution in [0.4, 0.5) is 0 Å². The van der Waals surface area contributed by atoms with Gasteiger partial charge in [-0.3, -0.25) is 14.7 Å². The van der Waals surface area contributed by atoms with Crippen molar-refractivity contribution >= 4 is 11.8 Å². The second-order valence-electron chi connectivity index (χ2n) is 8.47. The minimum atomic E-state index is -0.260. The molecule has 3 aromatic rings. The van der Waals surface area contributed by atoms with Gasteiger partial charge in [0.25, 0.3) is 0 Å². The summed E-state index contributed by atoms with van der Waals surface area (Å²) in [6, 6.07) is 15.9. The molecule has 1 unspecified atom stereocenters. The van der Waals surface area contributed by atoms with Crippen LogP contribution in [-0.2, 0) is 22.6 Å². The van der Waals surface area contributed by atoms with Crippen LogP contribution >= 0.6 is 0 Å². The van der Waals surface area contributed by atoms with E-state index in [0.717, 1.165) is 48.4 Å². The minimum absolute atomic E-state index is 0.0163. The van der Waals surface area contributed by atoms with Crippen LogP contribution in [-0.4, -0.2) is 51.9 Å². The Morgan fingerprint density at radius 3 is 2.81 bits per heavy atom. The molecule has 2 amide bonds. The average molecular weight is 435 g/mol. The van der Waals surface area contributed by atoms with Gasteiger partial charge in [-0.05, 0) is 37.5 Å². The molecule has 0 radical (unpaired) electrons. The molecule has 4 rings (SSSR count). The van der Waals surface area contributed by atoms with Gasteiger partial charge in [0.2, 0.25) is 11.8 Å². The highest BCUT2D eigenvalue weighted by molar-refractivity contribution is 5.89. The molecule has 7 nitrogen and oxygen atoms in total. The topological polar surface area (TPSA) is 82.4 Å². The zero-order chi connectivity index (χ0) is 22.3. The number of H-pyrrole nitrogens is 1. The van der Waals surface area contributed by atoms with Crippen LogP contribution in [0.3, 0.4) is 0 Å². The lowest BCUT2D eigenvalue weighted by atomic mass is 10.1. The van der Waals surface area contributed by atoms with Crippen LogP contribution < -0.4 is 0 Å². The average Bonchev–Trinajstić information content (AvgIpc) is 3.56. The second-order valence-corrected chi connectivity index (χ2v) is 8.47. The van der Waals surface area contributed by atoms with E-state index in [1.54, 1.807) is 22.1 Å². The van der Waals surface area contributed by atoms with Crippen LogP contribution in [0.1, 0.15) is 37.1 Å². The first-order chi connectivity index (χ1) is 15.6. The highest BCUT2D eigenvalue weighted by atomic mass is 16.3. The monoisotopic (exact) mass is 434 g/mol. The predicted molar refractivity (Wildman–Crippen MR) is 121 cm³/mol. The Labute approximate surface area is 188 Å². The molecule has 1 aromatic carbocycles. The molecule has 1 saturated heterocycles. The Morgan fingerprint density at radius 2 is 2.03 bits per heavy atom. The molecular weight excluding hydrogens is 404 g/mol. The molecule has 0 bridgehead atoms. The maximum atomic E-state index is 12.8. The highest BCUT2D eigenvalue weighted by Gasteiger charge is 2.35. The number of nitrogens with zero attached hydrogens (tertiary/aromatic N) is 3. The van der Waals surface area contributed by atoms with E-state index in [2.05, 4.69) is 28.4 Å². The van der Waals surface area contributed by atoms with Crippen molar-refractivity contribution in [2.24, 2.45) is 5.92 Å². The van der Waals surface area contributed by atoms with Crippen LogP contribution in [0, 0.1) is 5.92 Å². The first-order valence-corrected chi connectivity index (χ1v) is 11.2. The Hall–Kier alpha value is -3.35. The maximum absolute atomic E-state index is 12.8. The number of aromatic nitrogens is 2. The van der Waals surface area contributed by atoms with Crippen molar-refractivity contribution in [1.29, 1.82) is 0 Å². The molecule has 168 valence electrons. The number of hydrogen-bond donors (Lipinski definition) is 1. The summed E-state index contributed by atoms with van der Waals surface area (Å²) < 4.78 is 5.32. The van der Waals surface area contributed by atoms with Gasteiger partial charge in [-0.2, -0.15) is 5.10 Å². The fourth-order valence-corrected chi connectivity index (χ4v) is 4.19. The minimum Gasteiger partial charge on any atom is -0.467 e. The van der Waals surface area contributed by atoms with Gasteiger partial charge in [-0.25, -0.2) is 0 Å². The largest absolute Gasteiger partial charge is 0.467 e. The summed E-state index contributed by atoms with van der Waals surface area (Å²) in [5.74, 6) is 0.556. The smallest absolute Gasteiger partial charge is 0.227 e. The molecule has 1 fully saturated rings. The molecule has 32 heavy (non-hydrogen) atoms. The van der Waals surface area contributed by atoms with Gasteiger partial charge < -0.3 is 14.2 Å². The number of furan rings is 1. The van der Waals surface area contributed by atoms with E-state index < -0.39 is 0 Å². The number of carbonyl (C=O) groups is 2. The van der Waals surface area contributed by atoms with Crippen molar-refractivity contribution in [3.05, 3.63) is 66.2 Å². The van der Waals surface area contributed by atoms with Gasteiger partial charge in [0.05, 0.1) is 24.4 Å². The van der Waals surface area contributed by atoms with E-state index >= 15 is 0 Å². The molecule has 1 aliphatic heterocycles. The van der Waals surface area contributed by atoms with E-state index in [1.165, 1.54) is 0 Å². The summed E-state index contributed by atoms with van der Waals surface area (Å²) in [6.45, 7) is 1.60. The lowest BCUT2D eigenvalue weighted by molar-refractivity contribution is -0.134. The van der Waals surface area contributed by atoms with Crippen LogP contribution in [0.25, 0.3) is 11.3 Å². The molecule has 3 heterocycles. The van der Waals surface area contributed by atoms with Gasteiger partial charge in [0.1, 0.15) is 5.76 Å². The van der Waals surface area contributed by atoms with E-state index in [9.17, 15) is 9.59 Å². The van der Waals surface area contributed by atoms with Gasteiger partial charge >= 0.3 is 0 Å². The summed E-state index contributed by atoms with van der Waals surface area (Å²) in [4.78, 5) is 28.5. The maximum Gasteiger partial charge on any atom is 0.227 e. The van der Waals surface area contributed by atoms with E-state index in [0.29, 0.717) is 19.6 Å². The molecule has 1 aliphatic rings. The first kappa shape index (κ1) is 21.9. The van der Waals surface area contributed by atoms with Crippen molar-refractivity contribution in [2.75, 3.05) is 20.1 Å². The number of aryl methyl sites for hydroxylation is 1. The third-order valence-electron chi connectivity index (χ3n) is 6.01. The number of unbranched alkanes of at least 4 members (excludes halogenated alkanes) is 2. The zero-order valence-corrected chi connectivity index (χ0v) is 18.5. The summed E-state index contributed by atoms with van der Waals surface area (Å²) >= 11 is 0. The number of nitrogens with one attached hydrogen (secondary N) is 1. The number of amides is 2. The summed E-state index contributed by atoms with van der Waals surface area (Å²) in [7, 11) is 1.84. The Bertz CT molecular complexity index is 1010. The van der Waals surface area contributed by atoms with Gasteiger partial charge in [0, 0.05) is 37.8 Å². The van der Waals surface area contributed by atoms with Gasteiger partial charge in [0.15, 0.2) is 0 Å². The predicted octanol–water partition coefficient (Wildman–Crippen LogP) is 3.89. The van der Waals surface area contributed by atoms with Gasteiger partial charge in [-0.15, -0.1) is 0 Å². The zero-order valence-electron chi connectivity index (χ0n) is 18.5. The normalized spacial score (nSPS) is 16.0. The SMILES string of the molecule is CN(CCCCCc1cc(-c2ccccc2)n[nH]1)C(=O)C1CC(=O)N(Cc2ccco2)C1. The number of rotatable bonds is 10. The van der Waals surface area contributed by atoms with Crippen LogP contribution in [0.2, 0.25) is 0 Å². The van der Waals surface area contributed by atoms with E-state index in [4.69, 9.17) is 4.42 Å². The van der Waals surface area contributed by atoms with Crippen molar-refractivity contribution in [1.82, 2.24) is 20.0 Å². The second kappa shape index (κ2) is 10.3. The van der Waals surface area contributed by atoms with Crippen molar-refractivity contribution < 1.29 is 14.0 Å². The Morgan fingerprint density at radius 1 is 1.19 bits per heavy atom. The summed E-state index contributed by atoms with van der Waals surface area (Å²) in [5, 5.41) is 7.53. The number of likely N-dealkylation sites (tertiary alicyclic amines) is 1. The number of aromatic amines is 1. The fraction of sp³-hybridized carbons (Fsp3) is 0.400. The Kier molecular flexibility index (Phi) is 7.04. The van der Waals surface area contributed by atoms with E-state index in [1.807, 2.05) is 31.3 Å². The number of hydrogen-bond acceptors (Lipinski definition) is 4. The lowest BCUT2D eigenvalue weighted by Crippen LogP contribution is -2.35. The standard InChI is InChI=1S/C25H30N4O3/c1-28(25(31)20-15-24(30)29(17-20)18-22-12-8-14-32-22)13-7-3-6-11-21-16-23(27-26-21)19-9-4-2-5-10-19/h2,4-5,8-10,12,14,16,20H,3,6-7,11,13,15,17-18H2,1H3,(H,26,27). The molecule has 1 N–H and O–H groups in total. The molecule has 1 atom stereocenters. The van der Waals surface area contributed by atoms with Crippen LogP contribution in [0.15, 0.2) is 59.2 Å². The number of benzene rings is 1. The summed E-state index contributed by atoms with van der Waals surface area (Å²) in [5.41, 5.74) is 3.22. The lowest BCUT2D eigenvalue weighted by Gasteiger charge is -2.21. The fourth-order valence-electron chi connectivity index (χ4n) is 4.19. The molecular formula is C25H30N4O3. The van der Waals surface area contributed by atoms with Gasteiger partial charge in [-0.1, -0.05) is 36.8 Å². The molecule has 7 heteroatoms. The molecule has 0 spiro atoms. The molecule has 2 aromatic heterocycles. The van der Waals surface area contributed by atoms with Crippen LogP contribution in [0.5, 0.6) is 0 Å². The molecule has 0 aliphatic carbocycles. The molecule has 0 saturated carbocycles. The van der Waals surface area contributed by atoms with E-state index in [-0.39, 0.29) is 24.2 Å². The number of carbonyl (C=O) groups excluding carboxylic acids is 2. The quantitative estimate of drug-likeness (QED) is 0.491. The Balaban J connectivity index is 1.15.